The molecular weight excluding hydrogens is 159 g/mol. The second kappa shape index (κ2) is 2.89. The van der Waals surface area contributed by atoms with Gasteiger partial charge in [0, 0.05) is 17.9 Å². The zero-order valence-electron chi connectivity index (χ0n) is 6.42. The molecule has 64 valence electrons. The van der Waals surface area contributed by atoms with Gasteiger partial charge in [-0.05, 0) is 0 Å². The first kappa shape index (κ1) is 7.79. The van der Waals surface area contributed by atoms with Crippen LogP contribution in [0.5, 0.6) is 0 Å². The van der Waals surface area contributed by atoms with Crippen LogP contribution in [0, 0.1) is 0 Å². The quantitative estimate of drug-likeness (QED) is 0.508. The van der Waals surface area contributed by atoms with Crippen LogP contribution in [0.2, 0.25) is 0 Å². The van der Waals surface area contributed by atoms with Gasteiger partial charge in [0.25, 0.3) is 0 Å². The lowest BCUT2D eigenvalue weighted by Gasteiger charge is -2.25. The van der Waals surface area contributed by atoms with Crippen LogP contribution in [0.3, 0.4) is 0 Å². The zero-order chi connectivity index (χ0) is 8.55. The molecule has 0 bridgehead atoms. The molecule has 1 fully saturated rings. The average Bonchev–Trinajstić information content (AvgIpc) is 2.32. The van der Waals surface area contributed by atoms with E-state index >= 15 is 0 Å². The van der Waals surface area contributed by atoms with E-state index in [0.29, 0.717) is 18.7 Å². The first-order valence-corrected chi connectivity index (χ1v) is 3.75. The van der Waals surface area contributed by atoms with Crippen molar-refractivity contribution in [3.05, 3.63) is 12.4 Å². The molecule has 1 aromatic heterocycles. The fraction of sp³-hybridized carbons (Fsp3) is 0.500. The van der Waals surface area contributed by atoms with Crippen molar-refractivity contribution in [3.8, 4) is 0 Å². The zero-order valence-corrected chi connectivity index (χ0v) is 6.42. The van der Waals surface area contributed by atoms with Gasteiger partial charge < -0.3 is 14.8 Å². The first-order valence-electron chi connectivity index (χ1n) is 3.75. The molecule has 2 heterocycles. The molecule has 2 N–H and O–H groups in total. The second-order valence-electron chi connectivity index (χ2n) is 2.82. The fourth-order valence-electron chi connectivity index (χ4n) is 1.06. The largest absolute Gasteiger partial charge is 0.491 e. The van der Waals surface area contributed by atoms with Crippen molar-refractivity contribution in [2.24, 2.45) is 0 Å². The van der Waals surface area contributed by atoms with Gasteiger partial charge in [0.15, 0.2) is 0 Å². The summed E-state index contributed by atoms with van der Waals surface area (Å²) in [5.41, 5.74) is 0.418. The van der Waals surface area contributed by atoms with Gasteiger partial charge in [0.1, 0.15) is 0 Å². The summed E-state index contributed by atoms with van der Waals surface area (Å²) >= 11 is 0. The Kier molecular flexibility index (Phi) is 1.88. The summed E-state index contributed by atoms with van der Waals surface area (Å²) in [5.74, 6) is 0. The summed E-state index contributed by atoms with van der Waals surface area (Å²) in [7, 11) is -1.43. The predicted molar refractivity (Wildman–Crippen MR) is 41.9 cm³/mol. The summed E-state index contributed by atoms with van der Waals surface area (Å²) in [6.45, 7) is 1.31. The number of hydrogen-bond acceptors (Lipinski definition) is 4. The number of rotatable bonds is 2. The summed E-state index contributed by atoms with van der Waals surface area (Å²) in [6, 6.07) is 0.262. The van der Waals surface area contributed by atoms with Gasteiger partial charge >= 0.3 is 7.12 Å². The highest BCUT2D eigenvalue weighted by Gasteiger charge is 2.22. The Labute approximate surface area is 69.7 Å². The molecule has 0 atom stereocenters. The molecule has 0 amide bonds. The summed E-state index contributed by atoms with van der Waals surface area (Å²) in [4.78, 5) is 0. The Bertz CT molecular complexity index is 272. The van der Waals surface area contributed by atoms with Crippen molar-refractivity contribution in [2.45, 2.75) is 6.04 Å². The Morgan fingerprint density at radius 3 is 2.75 bits per heavy atom. The highest BCUT2D eigenvalue weighted by atomic mass is 16.5. The van der Waals surface area contributed by atoms with Crippen LogP contribution >= 0.6 is 0 Å². The minimum Gasteiger partial charge on any atom is -0.423 e. The molecule has 0 unspecified atom stereocenters. The number of ether oxygens (including phenoxy) is 1. The van der Waals surface area contributed by atoms with Crippen molar-refractivity contribution in [1.82, 2.24) is 9.78 Å². The maximum absolute atomic E-state index is 8.78. The van der Waals surface area contributed by atoms with Crippen LogP contribution in [0.4, 0.5) is 0 Å². The Morgan fingerprint density at radius 2 is 2.33 bits per heavy atom. The van der Waals surface area contributed by atoms with E-state index in [0.717, 1.165) is 0 Å². The van der Waals surface area contributed by atoms with E-state index in [1.807, 2.05) is 0 Å². The average molecular weight is 168 g/mol. The number of nitrogens with zero attached hydrogens (tertiary/aromatic N) is 2. The van der Waals surface area contributed by atoms with Gasteiger partial charge in [0.05, 0.1) is 19.3 Å². The molecule has 1 aliphatic heterocycles. The fourth-order valence-corrected chi connectivity index (χ4v) is 1.06. The molecule has 2 rings (SSSR count). The minimum atomic E-state index is -1.43. The summed E-state index contributed by atoms with van der Waals surface area (Å²) in [5, 5.41) is 21.5. The molecule has 0 aliphatic carbocycles. The lowest BCUT2D eigenvalue weighted by atomic mass is 9.83. The van der Waals surface area contributed by atoms with E-state index in [9.17, 15) is 0 Å². The third-order valence-corrected chi connectivity index (χ3v) is 1.91. The molecule has 1 aromatic rings. The highest BCUT2D eigenvalue weighted by molar-refractivity contribution is 6.58. The van der Waals surface area contributed by atoms with E-state index in [1.165, 1.54) is 6.20 Å². The van der Waals surface area contributed by atoms with Crippen molar-refractivity contribution in [3.63, 3.8) is 0 Å². The van der Waals surface area contributed by atoms with Crippen LogP contribution in [0.15, 0.2) is 12.4 Å². The molecule has 1 aliphatic rings. The monoisotopic (exact) mass is 168 g/mol. The Hall–Kier alpha value is -0.845. The molecule has 1 saturated heterocycles. The van der Waals surface area contributed by atoms with Crippen molar-refractivity contribution < 1.29 is 14.8 Å². The van der Waals surface area contributed by atoms with Crippen LogP contribution in [0.1, 0.15) is 6.04 Å². The second-order valence-corrected chi connectivity index (χ2v) is 2.82. The van der Waals surface area contributed by atoms with E-state index in [2.05, 4.69) is 5.10 Å². The molecular formula is C6H9BN2O3. The van der Waals surface area contributed by atoms with E-state index in [1.54, 1.807) is 10.9 Å². The maximum Gasteiger partial charge on any atom is 0.491 e. The molecule has 6 heteroatoms. The van der Waals surface area contributed by atoms with Crippen LogP contribution in [0.25, 0.3) is 0 Å². The van der Waals surface area contributed by atoms with Gasteiger partial charge in [-0.2, -0.15) is 5.10 Å². The number of hydrogen-bond donors (Lipinski definition) is 2. The van der Waals surface area contributed by atoms with Gasteiger partial charge in [-0.3, -0.25) is 4.68 Å². The molecule has 0 spiro atoms. The topological polar surface area (TPSA) is 67.5 Å². The lowest BCUT2D eigenvalue weighted by Crippen LogP contribution is -2.32. The van der Waals surface area contributed by atoms with Crippen LogP contribution in [-0.2, 0) is 4.74 Å². The smallest absolute Gasteiger partial charge is 0.423 e. The Morgan fingerprint density at radius 1 is 1.58 bits per heavy atom. The third-order valence-electron chi connectivity index (χ3n) is 1.91. The lowest BCUT2D eigenvalue weighted by molar-refractivity contribution is -0.0286. The summed E-state index contributed by atoms with van der Waals surface area (Å²) < 4.78 is 6.67. The Balaban J connectivity index is 2.12. The molecule has 0 saturated carbocycles. The van der Waals surface area contributed by atoms with Gasteiger partial charge in [-0.25, -0.2) is 0 Å². The van der Waals surface area contributed by atoms with Gasteiger partial charge in [0.2, 0.25) is 0 Å². The van der Waals surface area contributed by atoms with E-state index in [-0.39, 0.29) is 6.04 Å². The molecule has 0 radical (unpaired) electrons. The van der Waals surface area contributed by atoms with Crippen molar-refractivity contribution in [1.29, 1.82) is 0 Å². The van der Waals surface area contributed by atoms with Crippen molar-refractivity contribution in [2.75, 3.05) is 13.2 Å². The van der Waals surface area contributed by atoms with Crippen molar-refractivity contribution >= 4 is 12.6 Å². The van der Waals surface area contributed by atoms with Gasteiger partial charge in [-0.1, -0.05) is 0 Å². The standard InChI is InChI=1S/C6H9BN2O3/c10-7(11)5-1-8-9(2-5)6-3-12-4-6/h1-2,6,10-11H,3-4H2. The number of aromatic nitrogens is 2. The third kappa shape index (κ3) is 1.24. The SMILES string of the molecule is OB(O)c1cnn(C2COC2)c1. The normalized spacial score (nSPS) is 17.5. The van der Waals surface area contributed by atoms with Gasteiger partial charge in [-0.15, -0.1) is 0 Å². The van der Waals surface area contributed by atoms with Crippen LogP contribution < -0.4 is 5.46 Å². The highest BCUT2D eigenvalue weighted by Crippen LogP contribution is 2.14. The van der Waals surface area contributed by atoms with Crippen LogP contribution in [-0.4, -0.2) is 40.2 Å². The summed E-state index contributed by atoms with van der Waals surface area (Å²) in [6.07, 6.45) is 3.07. The first-order chi connectivity index (χ1) is 5.77. The minimum absolute atomic E-state index is 0.262. The van der Waals surface area contributed by atoms with E-state index < -0.39 is 7.12 Å². The van der Waals surface area contributed by atoms with E-state index in [4.69, 9.17) is 14.8 Å². The maximum atomic E-state index is 8.78. The predicted octanol–water partition coefficient (Wildman–Crippen LogP) is -1.87. The molecule has 5 nitrogen and oxygen atoms in total. The molecule has 0 aromatic carbocycles. The molecule has 12 heavy (non-hydrogen) atoms.